The Morgan fingerprint density at radius 2 is 2.00 bits per heavy atom. The maximum atomic E-state index is 12.6. The van der Waals surface area contributed by atoms with Gasteiger partial charge in [-0.2, -0.15) is 0 Å². The summed E-state index contributed by atoms with van der Waals surface area (Å²) in [5.74, 6) is 0.236. The molecule has 1 aromatic carbocycles. The molecule has 0 aliphatic carbocycles. The highest BCUT2D eigenvalue weighted by molar-refractivity contribution is 9.10. The van der Waals surface area contributed by atoms with Gasteiger partial charge in [0, 0.05) is 22.1 Å². The van der Waals surface area contributed by atoms with Crippen LogP contribution in [0.2, 0.25) is 0 Å². The standard InChI is InChI=1S/C16H22BrNO/c1-4-15-10-5-11(2)18(15)12(3)16(19)13-6-8-14(17)9-7-13/h6-9,11-12,15H,4-5,10H2,1-3H3. The number of nitrogens with zero attached hydrogens (tertiary/aromatic N) is 1. The number of halogens is 1. The van der Waals surface area contributed by atoms with Gasteiger partial charge in [0.1, 0.15) is 0 Å². The molecule has 1 heterocycles. The highest BCUT2D eigenvalue weighted by Gasteiger charge is 2.35. The number of benzene rings is 1. The van der Waals surface area contributed by atoms with Crippen LogP contribution >= 0.6 is 15.9 Å². The van der Waals surface area contributed by atoms with Crippen molar-refractivity contribution in [3.63, 3.8) is 0 Å². The summed E-state index contributed by atoms with van der Waals surface area (Å²) in [6.07, 6.45) is 3.55. The first kappa shape index (κ1) is 14.7. The Kier molecular flexibility index (Phi) is 4.80. The molecule has 104 valence electrons. The molecule has 2 rings (SSSR count). The monoisotopic (exact) mass is 323 g/mol. The first-order valence-electron chi connectivity index (χ1n) is 7.11. The second kappa shape index (κ2) is 6.19. The van der Waals surface area contributed by atoms with E-state index in [-0.39, 0.29) is 11.8 Å². The quantitative estimate of drug-likeness (QED) is 0.770. The Morgan fingerprint density at radius 3 is 2.58 bits per heavy atom. The normalized spacial score (nSPS) is 25.5. The van der Waals surface area contributed by atoms with Gasteiger partial charge >= 0.3 is 0 Å². The fourth-order valence-corrected chi connectivity index (χ4v) is 3.46. The molecule has 0 amide bonds. The molecular weight excluding hydrogens is 302 g/mol. The fraction of sp³-hybridized carbons (Fsp3) is 0.562. The van der Waals surface area contributed by atoms with E-state index >= 15 is 0 Å². The molecule has 1 saturated heterocycles. The second-order valence-electron chi connectivity index (χ2n) is 5.48. The molecule has 3 unspecified atom stereocenters. The van der Waals surface area contributed by atoms with Gasteiger partial charge in [-0.15, -0.1) is 0 Å². The summed E-state index contributed by atoms with van der Waals surface area (Å²) in [5.41, 5.74) is 0.810. The lowest BCUT2D eigenvalue weighted by molar-refractivity contribution is 0.0755. The number of hydrogen-bond donors (Lipinski definition) is 0. The van der Waals surface area contributed by atoms with Crippen LogP contribution in [0, 0.1) is 0 Å². The molecule has 0 radical (unpaired) electrons. The maximum Gasteiger partial charge on any atom is 0.179 e. The molecule has 0 spiro atoms. The van der Waals surface area contributed by atoms with Crippen molar-refractivity contribution in [1.29, 1.82) is 0 Å². The molecule has 0 saturated carbocycles. The Balaban J connectivity index is 2.16. The van der Waals surface area contributed by atoms with Crippen molar-refractivity contribution in [2.45, 2.75) is 58.2 Å². The lowest BCUT2D eigenvalue weighted by Gasteiger charge is -2.33. The van der Waals surface area contributed by atoms with E-state index in [4.69, 9.17) is 0 Å². The zero-order chi connectivity index (χ0) is 14.0. The van der Waals surface area contributed by atoms with Crippen LogP contribution in [-0.4, -0.2) is 28.8 Å². The predicted molar refractivity (Wildman–Crippen MR) is 82.5 cm³/mol. The van der Waals surface area contributed by atoms with E-state index in [1.165, 1.54) is 12.8 Å². The molecule has 1 aliphatic heterocycles. The Morgan fingerprint density at radius 1 is 1.37 bits per heavy atom. The minimum absolute atomic E-state index is 0.0244. The van der Waals surface area contributed by atoms with Gasteiger partial charge in [-0.05, 0) is 45.2 Å². The molecule has 1 fully saturated rings. The van der Waals surface area contributed by atoms with Gasteiger partial charge in [-0.25, -0.2) is 0 Å². The van der Waals surface area contributed by atoms with Crippen molar-refractivity contribution >= 4 is 21.7 Å². The van der Waals surface area contributed by atoms with Gasteiger partial charge in [0.05, 0.1) is 6.04 Å². The number of hydrogen-bond acceptors (Lipinski definition) is 2. The third kappa shape index (κ3) is 3.09. The van der Waals surface area contributed by atoms with Gasteiger partial charge in [0.2, 0.25) is 0 Å². The highest BCUT2D eigenvalue weighted by Crippen LogP contribution is 2.29. The summed E-state index contributed by atoms with van der Waals surface area (Å²) in [6.45, 7) is 6.50. The van der Waals surface area contributed by atoms with E-state index in [9.17, 15) is 4.79 Å². The van der Waals surface area contributed by atoms with Gasteiger partial charge < -0.3 is 0 Å². The van der Waals surface area contributed by atoms with Crippen LogP contribution in [0.1, 0.15) is 50.4 Å². The Labute approximate surface area is 124 Å². The third-order valence-electron chi connectivity index (χ3n) is 4.27. The number of rotatable bonds is 4. The van der Waals surface area contributed by atoms with Crippen LogP contribution in [0.15, 0.2) is 28.7 Å². The van der Waals surface area contributed by atoms with Crippen LogP contribution < -0.4 is 0 Å². The van der Waals surface area contributed by atoms with E-state index < -0.39 is 0 Å². The van der Waals surface area contributed by atoms with Crippen molar-refractivity contribution in [3.8, 4) is 0 Å². The number of likely N-dealkylation sites (tertiary alicyclic amines) is 1. The number of ketones is 1. The molecule has 3 atom stereocenters. The molecule has 2 nitrogen and oxygen atoms in total. The molecule has 0 aromatic heterocycles. The van der Waals surface area contributed by atoms with Crippen molar-refractivity contribution in [2.24, 2.45) is 0 Å². The summed E-state index contributed by atoms with van der Waals surface area (Å²) in [5, 5.41) is 0. The molecule has 1 aromatic rings. The van der Waals surface area contributed by atoms with Crippen molar-refractivity contribution in [1.82, 2.24) is 4.90 Å². The molecule has 0 bridgehead atoms. The van der Waals surface area contributed by atoms with Crippen LogP contribution in [0.4, 0.5) is 0 Å². The zero-order valence-corrected chi connectivity index (χ0v) is 13.5. The summed E-state index contributed by atoms with van der Waals surface area (Å²) in [4.78, 5) is 15.0. The fourth-order valence-electron chi connectivity index (χ4n) is 3.20. The smallest absolute Gasteiger partial charge is 0.179 e. The maximum absolute atomic E-state index is 12.6. The molecule has 0 N–H and O–H groups in total. The molecule has 1 aliphatic rings. The Bertz CT molecular complexity index is 443. The minimum Gasteiger partial charge on any atom is -0.292 e. The first-order chi connectivity index (χ1) is 9.04. The molecule has 3 heteroatoms. The van der Waals surface area contributed by atoms with Gasteiger partial charge in [0.15, 0.2) is 5.78 Å². The largest absolute Gasteiger partial charge is 0.292 e. The lowest BCUT2D eigenvalue weighted by atomic mass is 10.0. The highest BCUT2D eigenvalue weighted by atomic mass is 79.9. The van der Waals surface area contributed by atoms with E-state index in [1.807, 2.05) is 24.3 Å². The van der Waals surface area contributed by atoms with Crippen LogP contribution in [0.3, 0.4) is 0 Å². The van der Waals surface area contributed by atoms with Crippen molar-refractivity contribution < 1.29 is 4.79 Å². The topological polar surface area (TPSA) is 20.3 Å². The Hall–Kier alpha value is -0.670. The number of carbonyl (C=O) groups excluding carboxylic acids is 1. The van der Waals surface area contributed by atoms with E-state index in [0.717, 1.165) is 16.5 Å². The van der Waals surface area contributed by atoms with E-state index in [1.54, 1.807) is 0 Å². The lowest BCUT2D eigenvalue weighted by Crippen LogP contribution is -2.45. The molecular formula is C16H22BrNO. The van der Waals surface area contributed by atoms with E-state index in [2.05, 4.69) is 41.6 Å². The van der Waals surface area contributed by atoms with E-state index in [0.29, 0.717) is 12.1 Å². The first-order valence-corrected chi connectivity index (χ1v) is 7.91. The average Bonchev–Trinajstić information content (AvgIpc) is 2.79. The number of Topliss-reactive ketones (excluding diaryl/α,β-unsaturated/α-hetero) is 1. The third-order valence-corrected chi connectivity index (χ3v) is 4.80. The van der Waals surface area contributed by atoms with Crippen LogP contribution in [0.25, 0.3) is 0 Å². The minimum atomic E-state index is -0.0244. The predicted octanol–water partition coefficient (Wildman–Crippen LogP) is 4.28. The van der Waals surface area contributed by atoms with Crippen molar-refractivity contribution in [3.05, 3.63) is 34.3 Å². The summed E-state index contributed by atoms with van der Waals surface area (Å²) >= 11 is 3.41. The van der Waals surface area contributed by atoms with Gasteiger partial charge in [-0.1, -0.05) is 35.0 Å². The molecule has 19 heavy (non-hydrogen) atoms. The van der Waals surface area contributed by atoms with Gasteiger partial charge in [-0.3, -0.25) is 9.69 Å². The average molecular weight is 324 g/mol. The summed E-state index contributed by atoms with van der Waals surface area (Å²) in [7, 11) is 0. The van der Waals surface area contributed by atoms with Gasteiger partial charge in [0.25, 0.3) is 0 Å². The van der Waals surface area contributed by atoms with Crippen molar-refractivity contribution in [2.75, 3.05) is 0 Å². The second-order valence-corrected chi connectivity index (χ2v) is 6.40. The summed E-state index contributed by atoms with van der Waals surface area (Å²) in [6, 6.07) is 8.73. The SMILES string of the molecule is CCC1CCC(C)N1C(C)C(=O)c1ccc(Br)cc1. The number of carbonyl (C=O) groups is 1. The summed E-state index contributed by atoms with van der Waals surface area (Å²) < 4.78 is 1.01. The van der Waals surface area contributed by atoms with Crippen LogP contribution in [-0.2, 0) is 0 Å². The zero-order valence-electron chi connectivity index (χ0n) is 11.9. The van der Waals surface area contributed by atoms with Crippen LogP contribution in [0.5, 0.6) is 0 Å².